The molecule has 2 aromatic carbocycles. The van der Waals surface area contributed by atoms with Crippen molar-refractivity contribution in [3.63, 3.8) is 0 Å². The fraction of sp³-hybridized carbons (Fsp3) is 0.143. The van der Waals surface area contributed by atoms with Gasteiger partial charge in [-0.1, -0.05) is 29.8 Å². The van der Waals surface area contributed by atoms with Crippen LogP contribution in [-0.2, 0) is 0 Å². The molecule has 120 valence electrons. The predicted octanol–water partition coefficient (Wildman–Crippen LogP) is 4.85. The van der Waals surface area contributed by atoms with Gasteiger partial charge in [-0.05, 0) is 35.4 Å². The second-order valence-corrected chi connectivity index (χ2v) is 4.68. The average Bonchev–Trinajstić information content (AvgIpc) is 2.40. The van der Waals surface area contributed by atoms with Gasteiger partial charge < -0.3 is 10.5 Å². The van der Waals surface area contributed by atoms with Gasteiger partial charge in [-0.2, -0.15) is 0 Å². The molecular weight excluding hydrogens is 345 g/mol. The summed E-state index contributed by atoms with van der Waals surface area (Å²) in [7, 11) is 0. The zero-order chi connectivity index (χ0) is 15.6. The van der Waals surface area contributed by atoms with E-state index in [1.165, 1.54) is 24.3 Å². The number of alkyl halides is 3. The normalized spacial score (nSPS) is 12.5. The third-order valence-corrected chi connectivity index (χ3v) is 3.08. The lowest BCUT2D eigenvalue weighted by Gasteiger charge is -2.14. The molecule has 0 saturated heterocycles. The Morgan fingerprint density at radius 1 is 1.00 bits per heavy atom. The lowest BCUT2D eigenvalue weighted by molar-refractivity contribution is -0.274. The highest BCUT2D eigenvalue weighted by Gasteiger charge is 2.31. The predicted molar refractivity (Wildman–Crippen MR) is 77.8 cm³/mol. The molecule has 0 spiro atoms. The molecule has 0 saturated carbocycles. The van der Waals surface area contributed by atoms with Gasteiger partial charge in [0.2, 0.25) is 0 Å². The zero-order valence-electron chi connectivity index (χ0n) is 10.9. The Kier molecular flexibility index (Phi) is 6.05. The highest BCUT2D eigenvalue weighted by atomic mass is 35.5. The lowest BCUT2D eigenvalue weighted by Crippen LogP contribution is -2.17. The third-order valence-electron chi connectivity index (χ3n) is 2.78. The van der Waals surface area contributed by atoms with Crippen molar-refractivity contribution in [3.05, 3.63) is 64.4 Å². The van der Waals surface area contributed by atoms with Crippen LogP contribution in [0.5, 0.6) is 5.75 Å². The SMILES string of the molecule is Cl.N[C@@H](c1ccc(OC(F)(F)F)cc1)c1ccc(Cl)c(F)c1. The van der Waals surface area contributed by atoms with Crippen molar-refractivity contribution >= 4 is 24.0 Å². The summed E-state index contributed by atoms with van der Waals surface area (Å²) >= 11 is 5.57. The van der Waals surface area contributed by atoms with E-state index in [1.54, 1.807) is 6.07 Å². The summed E-state index contributed by atoms with van der Waals surface area (Å²) in [6.45, 7) is 0. The molecule has 2 nitrogen and oxygen atoms in total. The Labute approximate surface area is 135 Å². The topological polar surface area (TPSA) is 35.2 Å². The van der Waals surface area contributed by atoms with Crippen LogP contribution in [0, 0.1) is 5.82 Å². The number of hydrogen-bond acceptors (Lipinski definition) is 2. The first-order chi connectivity index (χ1) is 9.76. The van der Waals surface area contributed by atoms with Gasteiger partial charge in [0.25, 0.3) is 0 Å². The molecule has 0 aliphatic carbocycles. The molecule has 0 bridgehead atoms. The van der Waals surface area contributed by atoms with E-state index in [2.05, 4.69) is 4.74 Å². The van der Waals surface area contributed by atoms with Gasteiger partial charge in [0, 0.05) is 0 Å². The van der Waals surface area contributed by atoms with Crippen LogP contribution in [0.2, 0.25) is 5.02 Å². The molecule has 1 atom stereocenters. The van der Waals surface area contributed by atoms with Crippen LogP contribution in [0.3, 0.4) is 0 Å². The molecule has 2 rings (SSSR count). The fourth-order valence-corrected chi connectivity index (χ4v) is 1.89. The van der Waals surface area contributed by atoms with Gasteiger partial charge in [0.15, 0.2) is 0 Å². The van der Waals surface area contributed by atoms with Gasteiger partial charge >= 0.3 is 6.36 Å². The summed E-state index contributed by atoms with van der Waals surface area (Å²) in [5, 5.41) is -0.0279. The Morgan fingerprint density at radius 3 is 2.05 bits per heavy atom. The third kappa shape index (κ3) is 4.76. The summed E-state index contributed by atoms with van der Waals surface area (Å²) in [4.78, 5) is 0. The number of hydrogen-bond donors (Lipinski definition) is 1. The van der Waals surface area contributed by atoms with Gasteiger partial charge in [-0.3, -0.25) is 0 Å². The Bertz CT molecular complexity index is 632. The molecule has 0 unspecified atom stereocenters. The molecule has 2 aromatic rings. The minimum Gasteiger partial charge on any atom is -0.406 e. The largest absolute Gasteiger partial charge is 0.573 e. The van der Waals surface area contributed by atoms with Gasteiger partial charge in [0.05, 0.1) is 11.1 Å². The van der Waals surface area contributed by atoms with Crippen molar-refractivity contribution in [2.24, 2.45) is 5.73 Å². The average molecular weight is 356 g/mol. The van der Waals surface area contributed by atoms with Crippen LogP contribution in [0.1, 0.15) is 17.2 Å². The second-order valence-electron chi connectivity index (χ2n) is 4.27. The van der Waals surface area contributed by atoms with Crippen LogP contribution >= 0.6 is 24.0 Å². The van der Waals surface area contributed by atoms with Crippen molar-refractivity contribution < 1.29 is 22.3 Å². The maximum atomic E-state index is 13.4. The molecular formula is C14H11Cl2F4NO. The van der Waals surface area contributed by atoms with Crippen molar-refractivity contribution in [1.29, 1.82) is 0 Å². The maximum Gasteiger partial charge on any atom is 0.573 e. The monoisotopic (exact) mass is 355 g/mol. The standard InChI is InChI=1S/C14H10ClF4NO.ClH/c15-11-6-3-9(7-12(11)16)13(20)8-1-4-10(5-2-8)21-14(17,18)19;/h1-7,13H,20H2;1H/t13-;/m0./s1. The van der Waals surface area contributed by atoms with E-state index in [4.69, 9.17) is 17.3 Å². The Balaban J connectivity index is 0.00000242. The molecule has 0 amide bonds. The van der Waals surface area contributed by atoms with E-state index < -0.39 is 18.2 Å². The van der Waals surface area contributed by atoms with Crippen molar-refractivity contribution in [2.75, 3.05) is 0 Å². The van der Waals surface area contributed by atoms with E-state index in [0.717, 1.165) is 12.1 Å². The summed E-state index contributed by atoms with van der Waals surface area (Å²) in [6, 6.07) is 8.49. The molecule has 8 heteroatoms. The van der Waals surface area contributed by atoms with Crippen LogP contribution < -0.4 is 10.5 Å². The molecule has 0 aromatic heterocycles. The van der Waals surface area contributed by atoms with Crippen LogP contribution in [-0.4, -0.2) is 6.36 Å². The first-order valence-corrected chi connectivity index (χ1v) is 6.20. The van der Waals surface area contributed by atoms with E-state index in [-0.39, 0.29) is 23.2 Å². The number of ether oxygens (including phenoxy) is 1. The van der Waals surface area contributed by atoms with Gasteiger partial charge in [-0.15, -0.1) is 25.6 Å². The maximum absolute atomic E-state index is 13.4. The molecule has 2 N–H and O–H groups in total. The number of rotatable bonds is 3. The molecule has 0 radical (unpaired) electrons. The van der Waals surface area contributed by atoms with Gasteiger partial charge in [0.1, 0.15) is 11.6 Å². The second kappa shape index (κ2) is 7.17. The first kappa shape index (κ1) is 18.5. The minimum absolute atomic E-state index is 0. The van der Waals surface area contributed by atoms with Crippen LogP contribution in [0.15, 0.2) is 42.5 Å². The van der Waals surface area contributed by atoms with E-state index >= 15 is 0 Å². The minimum atomic E-state index is -4.75. The quantitative estimate of drug-likeness (QED) is 0.799. The molecule has 0 heterocycles. The Hall–Kier alpha value is -1.50. The number of nitrogens with two attached hydrogens (primary N) is 1. The van der Waals surface area contributed by atoms with Crippen LogP contribution in [0.25, 0.3) is 0 Å². The van der Waals surface area contributed by atoms with E-state index in [1.807, 2.05) is 0 Å². The fourth-order valence-electron chi connectivity index (χ4n) is 1.78. The van der Waals surface area contributed by atoms with Crippen molar-refractivity contribution in [1.82, 2.24) is 0 Å². The smallest absolute Gasteiger partial charge is 0.406 e. The summed E-state index contributed by atoms with van der Waals surface area (Å²) in [5.74, 6) is -0.956. The molecule has 0 aliphatic heterocycles. The molecule has 22 heavy (non-hydrogen) atoms. The van der Waals surface area contributed by atoms with Gasteiger partial charge in [-0.25, -0.2) is 4.39 Å². The van der Waals surface area contributed by atoms with Crippen LogP contribution in [0.4, 0.5) is 17.6 Å². The lowest BCUT2D eigenvalue weighted by atomic mass is 9.99. The molecule has 0 aliphatic rings. The number of benzene rings is 2. The Morgan fingerprint density at radius 2 is 1.55 bits per heavy atom. The zero-order valence-corrected chi connectivity index (χ0v) is 12.5. The van der Waals surface area contributed by atoms with E-state index in [0.29, 0.717) is 11.1 Å². The summed E-state index contributed by atoms with van der Waals surface area (Å²) < 4.78 is 53.3. The molecule has 0 fully saturated rings. The number of halogens is 6. The van der Waals surface area contributed by atoms with Crippen molar-refractivity contribution in [3.8, 4) is 5.75 Å². The van der Waals surface area contributed by atoms with E-state index in [9.17, 15) is 17.6 Å². The summed E-state index contributed by atoms with van der Waals surface area (Å²) in [6.07, 6.45) is -4.75. The van der Waals surface area contributed by atoms with Crippen molar-refractivity contribution in [2.45, 2.75) is 12.4 Å². The highest BCUT2D eigenvalue weighted by Crippen LogP contribution is 2.27. The first-order valence-electron chi connectivity index (χ1n) is 5.82. The summed E-state index contributed by atoms with van der Waals surface area (Å²) in [5.41, 5.74) is 6.92. The highest BCUT2D eigenvalue weighted by molar-refractivity contribution is 6.30.